The van der Waals surface area contributed by atoms with Gasteiger partial charge in [-0.05, 0) is 39.0 Å². The third-order valence-electron chi connectivity index (χ3n) is 5.76. The second-order valence-electron chi connectivity index (χ2n) is 9.56. The zero-order valence-corrected chi connectivity index (χ0v) is 22.7. The second-order valence-corrected chi connectivity index (χ2v) is 10.5. The van der Waals surface area contributed by atoms with Gasteiger partial charge >= 0.3 is 6.16 Å². The van der Waals surface area contributed by atoms with Gasteiger partial charge in [0.15, 0.2) is 11.5 Å². The molecule has 0 atom stereocenters. The molecule has 4 aromatic rings. The number of imidazole rings is 1. The highest BCUT2D eigenvalue weighted by Crippen LogP contribution is 2.35. The first-order valence-electron chi connectivity index (χ1n) is 12.0. The lowest BCUT2D eigenvalue weighted by atomic mass is 10.2. The molecule has 1 aliphatic heterocycles. The van der Waals surface area contributed by atoms with Gasteiger partial charge in [-0.3, -0.25) is 0 Å². The van der Waals surface area contributed by atoms with Crippen LogP contribution in [0.5, 0.6) is 11.5 Å². The third kappa shape index (κ3) is 5.48. The van der Waals surface area contributed by atoms with Crippen molar-refractivity contribution in [3.05, 3.63) is 36.8 Å². The number of piperazine rings is 1. The molecule has 5 rings (SSSR count). The minimum absolute atomic E-state index is 0.519. The fraction of sp³-hybridized carbons (Fsp3) is 0.400. The van der Waals surface area contributed by atoms with E-state index in [9.17, 15) is 4.79 Å². The molecular formula is C25H29N7O5S. The summed E-state index contributed by atoms with van der Waals surface area (Å²) in [5.74, 6) is 1.91. The maximum absolute atomic E-state index is 11.9. The predicted molar refractivity (Wildman–Crippen MR) is 142 cm³/mol. The van der Waals surface area contributed by atoms with Crippen molar-refractivity contribution in [1.29, 1.82) is 0 Å². The summed E-state index contributed by atoms with van der Waals surface area (Å²) in [6.45, 7) is 7.66. The SMILES string of the molecule is COc1ccc(-c2nn3c(-c4cnc(N5CCN(OC(=O)OC(C)(C)C)CC5)nc4)cnc3s2)cc1OC. The highest BCUT2D eigenvalue weighted by atomic mass is 32.1. The van der Waals surface area contributed by atoms with Gasteiger partial charge in [-0.25, -0.2) is 24.3 Å². The van der Waals surface area contributed by atoms with Crippen LogP contribution in [-0.4, -0.2) is 81.8 Å². The van der Waals surface area contributed by atoms with Crippen LogP contribution < -0.4 is 14.4 Å². The highest BCUT2D eigenvalue weighted by molar-refractivity contribution is 7.19. The summed E-state index contributed by atoms with van der Waals surface area (Å²) in [7, 11) is 3.21. The molecule has 1 fully saturated rings. The van der Waals surface area contributed by atoms with Crippen LogP contribution in [0.1, 0.15) is 20.8 Å². The number of fused-ring (bicyclic) bond motifs is 1. The quantitative estimate of drug-likeness (QED) is 0.332. The van der Waals surface area contributed by atoms with Gasteiger partial charge in [-0.1, -0.05) is 11.3 Å². The molecule has 0 saturated carbocycles. The lowest BCUT2D eigenvalue weighted by Gasteiger charge is -2.33. The molecule has 4 heterocycles. The summed E-state index contributed by atoms with van der Waals surface area (Å²) in [6.07, 6.45) is 4.60. The van der Waals surface area contributed by atoms with Gasteiger partial charge in [0.05, 0.1) is 39.2 Å². The standard InChI is InChI=1S/C25H29N7O5S/c1-25(2,3)36-24(33)37-31-10-8-30(9-11-31)22-26-13-17(14-27-22)18-15-28-23-32(18)29-21(38-23)16-6-7-19(34-4)20(12-16)35-5/h6-7,12-15H,8-11H2,1-5H3. The molecule has 3 aromatic heterocycles. The van der Waals surface area contributed by atoms with E-state index in [2.05, 4.69) is 15.0 Å². The van der Waals surface area contributed by atoms with E-state index in [1.807, 2.05) is 23.1 Å². The number of benzene rings is 1. The number of ether oxygens (including phenoxy) is 3. The Hall–Kier alpha value is -3.97. The van der Waals surface area contributed by atoms with E-state index >= 15 is 0 Å². The van der Waals surface area contributed by atoms with Crippen LogP contribution in [0.2, 0.25) is 0 Å². The molecule has 38 heavy (non-hydrogen) atoms. The molecule has 0 N–H and O–H groups in total. The number of carbonyl (C=O) groups is 1. The number of anilines is 1. The van der Waals surface area contributed by atoms with Crippen molar-refractivity contribution in [2.45, 2.75) is 26.4 Å². The van der Waals surface area contributed by atoms with Crippen molar-refractivity contribution in [2.24, 2.45) is 0 Å². The summed E-state index contributed by atoms with van der Waals surface area (Å²) in [6, 6.07) is 5.69. The molecule has 12 nitrogen and oxygen atoms in total. The van der Waals surface area contributed by atoms with E-state index in [1.165, 1.54) is 11.3 Å². The number of carbonyl (C=O) groups excluding carboxylic acids is 1. The molecule has 0 spiro atoms. The molecule has 0 radical (unpaired) electrons. The molecule has 1 saturated heterocycles. The molecule has 13 heteroatoms. The van der Waals surface area contributed by atoms with E-state index in [-0.39, 0.29) is 0 Å². The molecule has 0 bridgehead atoms. The first-order valence-corrected chi connectivity index (χ1v) is 12.9. The van der Waals surface area contributed by atoms with E-state index in [0.717, 1.165) is 26.8 Å². The molecule has 0 amide bonds. The van der Waals surface area contributed by atoms with Gasteiger partial charge in [0.25, 0.3) is 0 Å². The van der Waals surface area contributed by atoms with Crippen LogP contribution in [0.25, 0.3) is 26.8 Å². The van der Waals surface area contributed by atoms with Crippen molar-refractivity contribution in [3.8, 4) is 33.3 Å². The Labute approximate surface area is 223 Å². The molecule has 0 aliphatic carbocycles. The molecule has 1 aliphatic rings. The predicted octanol–water partition coefficient (Wildman–Crippen LogP) is 3.92. The highest BCUT2D eigenvalue weighted by Gasteiger charge is 2.25. The van der Waals surface area contributed by atoms with Crippen molar-refractivity contribution in [1.82, 2.24) is 29.6 Å². The van der Waals surface area contributed by atoms with E-state index in [1.54, 1.807) is 63.2 Å². The zero-order valence-electron chi connectivity index (χ0n) is 21.9. The van der Waals surface area contributed by atoms with Gasteiger partial charge < -0.3 is 23.9 Å². The summed E-state index contributed by atoms with van der Waals surface area (Å²) in [5, 5.41) is 7.17. The molecule has 200 valence electrons. The average molecular weight is 540 g/mol. The minimum atomic E-state index is -0.699. The number of hydrogen-bond acceptors (Lipinski definition) is 12. The summed E-state index contributed by atoms with van der Waals surface area (Å²) in [5.41, 5.74) is 1.91. The number of hydroxylamine groups is 2. The molecular weight excluding hydrogens is 510 g/mol. The van der Waals surface area contributed by atoms with Crippen LogP contribution in [0.4, 0.5) is 10.7 Å². The number of aromatic nitrogens is 5. The fourth-order valence-electron chi connectivity index (χ4n) is 3.95. The topological polar surface area (TPSA) is 116 Å². The maximum atomic E-state index is 11.9. The second kappa shape index (κ2) is 10.4. The Morgan fingerprint density at radius 1 is 0.921 bits per heavy atom. The first-order chi connectivity index (χ1) is 18.2. The van der Waals surface area contributed by atoms with Crippen molar-refractivity contribution in [2.75, 3.05) is 45.3 Å². The Morgan fingerprint density at radius 3 is 2.29 bits per heavy atom. The number of nitrogens with zero attached hydrogens (tertiary/aromatic N) is 7. The summed E-state index contributed by atoms with van der Waals surface area (Å²) >= 11 is 1.48. The third-order valence-corrected chi connectivity index (χ3v) is 6.74. The lowest BCUT2D eigenvalue weighted by Crippen LogP contribution is -2.48. The number of rotatable bonds is 6. The van der Waals surface area contributed by atoms with E-state index in [0.29, 0.717) is 43.6 Å². The Bertz CT molecular complexity index is 1420. The van der Waals surface area contributed by atoms with Crippen LogP contribution >= 0.6 is 11.3 Å². The van der Waals surface area contributed by atoms with Gasteiger partial charge in [0.1, 0.15) is 10.6 Å². The summed E-state index contributed by atoms with van der Waals surface area (Å²) in [4.78, 5) is 33.7. The Kier molecular flexibility index (Phi) is 7.04. The Morgan fingerprint density at radius 2 is 1.63 bits per heavy atom. The van der Waals surface area contributed by atoms with Gasteiger partial charge in [-0.15, -0.1) is 5.06 Å². The summed E-state index contributed by atoms with van der Waals surface area (Å²) < 4.78 is 17.8. The lowest BCUT2D eigenvalue weighted by molar-refractivity contribution is -0.144. The van der Waals surface area contributed by atoms with Crippen LogP contribution in [0.3, 0.4) is 0 Å². The monoisotopic (exact) mass is 539 g/mol. The van der Waals surface area contributed by atoms with E-state index in [4.69, 9.17) is 24.1 Å². The van der Waals surface area contributed by atoms with Crippen LogP contribution in [-0.2, 0) is 9.57 Å². The zero-order chi connectivity index (χ0) is 26.9. The molecule has 0 unspecified atom stereocenters. The van der Waals surface area contributed by atoms with Crippen molar-refractivity contribution < 1.29 is 23.8 Å². The van der Waals surface area contributed by atoms with Crippen LogP contribution in [0, 0.1) is 0 Å². The number of hydrogen-bond donors (Lipinski definition) is 0. The first kappa shape index (κ1) is 25.7. The van der Waals surface area contributed by atoms with E-state index < -0.39 is 11.8 Å². The normalized spacial score (nSPS) is 14.5. The largest absolute Gasteiger partial charge is 0.528 e. The van der Waals surface area contributed by atoms with Gasteiger partial charge in [0, 0.05) is 36.6 Å². The maximum Gasteiger partial charge on any atom is 0.528 e. The van der Waals surface area contributed by atoms with Crippen molar-refractivity contribution >= 4 is 28.4 Å². The minimum Gasteiger partial charge on any atom is -0.493 e. The Balaban J connectivity index is 1.26. The van der Waals surface area contributed by atoms with Gasteiger partial charge in [0.2, 0.25) is 10.9 Å². The fourth-order valence-corrected chi connectivity index (χ4v) is 4.82. The van der Waals surface area contributed by atoms with Gasteiger partial charge in [-0.2, -0.15) is 5.10 Å². The van der Waals surface area contributed by atoms with Crippen LogP contribution in [0.15, 0.2) is 36.8 Å². The molecule has 1 aromatic carbocycles. The number of methoxy groups -OCH3 is 2. The average Bonchev–Trinajstić information content (AvgIpc) is 3.49. The smallest absolute Gasteiger partial charge is 0.493 e. The van der Waals surface area contributed by atoms with Crippen molar-refractivity contribution in [3.63, 3.8) is 0 Å².